The minimum absolute atomic E-state index is 0.0602. The fourth-order valence-electron chi connectivity index (χ4n) is 3.48. The predicted octanol–water partition coefficient (Wildman–Crippen LogP) is 9.19. The van der Waals surface area contributed by atoms with E-state index in [1.54, 1.807) is 47.1 Å². The molecule has 0 spiro atoms. The third-order valence-electron chi connectivity index (χ3n) is 5.08. The van der Waals surface area contributed by atoms with E-state index >= 15 is 0 Å². The van der Waals surface area contributed by atoms with E-state index in [1.165, 1.54) is 0 Å². The van der Waals surface area contributed by atoms with E-state index in [9.17, 15) is 4.79 Å². The van der Waals surface area contributed by atoms with Crippen molar-refractivity contribution in [3.63, 3.8) is 0 Å². The Labute approximate surface area is 219 Å². The summed E-state index contributed by atoms with van der Waals surface area (Å²) in [7, 11) is 3.17. The second-order valence-corrected chi connectivity index (χ2v) is 13.4. The number of benzene rings is 2. The van der Waals surface area contributed by atoms with Gasteiger partial charge in [0.15, 0.2) is 0 Å². The first-order valence-electron chi connectivity index (χ1n) is 11.2. The second-order valence-electron chi connectivity index (χ2n) is 10.4. The van der Waals surface area contributed by atoms with Crippen molar-refractivity contribution in [1.29, 1.82) is 0 Å². The largest absolute Gasteiger partial charge is 0.514 e. The van der Waals surface area contributed by atoms with Crippen LogP contribution in [0.5, 0.6) is 23.0 Å². The van der Waals surface area contributed by atoms with Gasteiger partial charge in [-0.25, -0.2) is 4.79 Å². The molecule has 0 aromatic heterocycles. The molecule has 0 amide bonds. The lowest BCUT2D eigenvalue weighted by atomic mass is 9.83. The molecule has 2 aromatic carbocycles. The first-order chi connectivity index (χ1) is 16.1. The zero-order chi connectivity index (χ0) is 26.7. The summed E-state index contributed by atoms with van der Waals surface area (Å²) in [4.78, 5) is 12.8. The van der Waals surface area contributed by atoms with E-state index in [0.717, 1.165) is 11.1 Å². The predicted molar refractivity (Wildman–Crippen MR) is 144 cm³/mol. The van der Waals surface area contributed by atoms with Crippen LogP contribution in [0, 0.1) is 0 Å². The fourth-order valence-corrected chi connectivity index (χ4v) is 4.24. The van der Waals surface area contributed by atoms with Crippen LogP contribution < -0.4 is 18.7 Å². The highest BCUT2D eigenvalue weighted by Gasteiger charge is 2.30. The fraction of sp³-hybridized carbons (Fsp3) is 0.500. The Morgan fingerprint density at radius 2 is 1.37 bits per heavy atom. The Balaban J connectivity index is 2.97. The van der Waals surface area contributed by atoms with Crippen molar-refractivity contribution in [3.05, 3.63) is 35.4 Å². The van der Waals surface area contributed by atoms with Crippen LogP contribution in [0.2, 0.25) is 0 Å². The van der Waals surface area contributed by atoms with Gasteiger partial charge in [-0.05, 0) is 78.9 Å². The van der Waals surface area contributed by atoms with Gasteiger partial charge in [0.2, 0.25) is 0 Å². The van der Waals surface area contributed by atoms with Gasteiger partial charge in [0, 0.05) is 22.3 Å². The summed E-state index contributed by atoms with van der Waals surface area (Å²) >= 11 is 12.3. The van der Waals surface area contributed by atoms with E-state index in [2.05, 4.69) is 0 Å². The summed E-state index contributed by atoms with van der Waals surface area (Å²) in [5.74, 6) is 2.06. The Bertz CT molecular complexity index is 1060. The average Bonchev–Trinajstić information content (AvgIpc) is 2.71. The van der Waals surface area contributed by atoms with E-state index in [1.807, 2.05) is 46.8 Å². The molecule has 6 nitrogen and oxygen atoms in total. The smallest absolute Gasteiger partial charge is 0.497 e. The number of carbonyl (C=O) groups excluding carboxylic acids is 1. The van der Waals surface area contributed by atoms with Gasteiger partial charge in [-0.1, -0.05) is 34.6 Å². The minimum atomic E-state index is -1.78. The van der Waals surface area contributed by atoms with Crippen molar-refractivity contribution < 1.29 is 28.3 Å². The second kappa shape index (κ2) is 11.5. The number of hydrogen-bond donors (Lipinski definition) is 0. The molecule has 35 heavy (non-hydrogen) atoms. The molecule has 2 aromatic rings. The van der Waals surface area contributed by atoms with Crippen LogP contribution in [0.15, 0.2) is 24.3 Å². The lowest BCUT2D eigenvalue weighted by Gasteiger charge is -2.27. The maximum atomic E-state index is 12.8. The highest BCUT2D eigenvalue weighted by molar-refractivity contribution is 8.00. The van der Waals surface area contributed by atoms with Crippen molar-refractivity contribution in [2.45, 2.75) is 72.3 Å². The van der Waals surface area contributed by atoms with Crippen molar-refractivity contribution in [1.82, 2.24) is 0 Å². The Hall–Kier alpha value is -1.88. The van der Waals surface area contributed by atoms with Crippen molar-refractivity contribution in [2.24, 2.45) is 0 Å². The topological polar surface area (TPSA) is 63.2 Å². The maximum absolute atomic E-state index is 12.8. The highest BCUT2D eigenvalue weighted by Crippen LogP contribution is 2.55. The summed E-state index contributed by atoms with van der Waals surface area (Å²) in [6, 6.07) is 7.32. The molecule has 0 saturated carbocycles. The molecule has 0 aliphatic carbocycles. The zero-order valence-corrected chi connectivity index (χ0v) is 24.4. The first-order valence-corrected chi connectivity index (χ1v) is 14.3. The molecule has 2 rings (SSSR count). The van der Waals surface area contributed by atoms with E-state index in [-0.39, 0.29) is 5.92 Å². The molecule has 0 heterocycles. The summed E-state index contributed by atoms with van der Waals surface area (Å²) in [5, 5.41) is 0. The number of rotatable bonds is 7. The number of ether oxygens (including phenoxy) is 4. The monoisotopic (exact) mass is 544 g/mol. The van der Waals surface area contributed by atoms with Crippen molar-refractivity contribution in [3.8, 4) is 34.1 Å². The van der Waals surface area contributed by atoms with Gasteiger partial charge in [-0.3, -0.25) is 0 Å². The summed E-state index contributed by atoms with van der Waals surface area (Å²) in [6.45, 7) is 13.7. The van der Waals surface area contributed by atoms with Crippen LogP contribution >= 0.6 is 29.3 Å². The van der Waals surface area contributed by atoms with Gasteiger partial charge in [-0.2, -0.15) is 0 Å². The molecule has 0 unspecified atom stereocenters. The van der Waals surface area contributed by atoms with E-state index in [4.69, 9.17) is 46.0 Å². The molecule has 0 bridgehead atoms. The molecule has 0 aliphatic heterocycles. The first kappa shape index (κ1) is 29.4. The lowest BCUT2D eigenvalue weighted by Crippen LogP contribution is -2.27. The van der Waals surface area contributed by atoms with Gasteiger partial charge in [-0.15, -0.1) is 0 Å². The number of halogens is 2. The lowest BCUT2D eigenvalue weighted by molar-refractivity contribution is 0.0204. The molecule has 0 atom stereocenters. The Kier molecular flexibility index (Phi) is 9.60. The molecule has 0 fully saturated rings. The quantitative estimate of drug-likeness (QED) is 0.196. The Morgan fingerprint density at radius 3 is 1.80 bits per heavy atom. The number of hydrogen-bond acceptors (Lipinski definition) is 6. The van der Waals surface area contributed by atoms with Crippen LogP contribution in [0.25, 0.3) is 11.1 Å². The van der Waals surface area contributed by atoms with Crippen molar-refractivity contribution >= 4 is 35.5 Å². The molecule has 0 radical (unpaired) electrons. The van der Waals surface area contributed by atoms with Crippen molar-refractivity contribution in [2.75, 3.05) is 14.2 Å². The molecule has 0 saturated heterocycles. The Morgan fingerprint density at radius 1 is 0.857 bits per heavy atom. The summed E-state index contributed by atoms with van der Waals surface area (Å²) in [5.41, 5.74) is 1.61. The van der Waals surface area contributed by atoms with Crippen LogP contribution in [0.4, 0.5) is 4.79 Å². The molecule has 0 N–H and O–H groups in total. The number of carbonyl (C=O) groups is 1. The van der Waals surface area contributed by atoms with Gasteiger partial charge < -0.3 is 23.5 Å². The van der Waals surface area contributed by atoms with E-state index < -0.39 is 24.0 Å². The number of methoxy groups -OCH3 is 2. The molecule has 0 aliphatic rings. The minimum Gasteiger partial charge on any atom is -0.497 e. The average molecular weight is 545 g/mol. The molecular weight excluding hydrogens is 510 g/mol. The molecular formula is C26H35Cl2O6P. The van der Waals surface area contributed by atoms with E-state index in [0.29, 0.717) is 34.1 Å². The van der Waals surface area contributed by atoms with Crippen LogP contribution in [-0.4, -0.2) is 26.0 Å². The third kappa shape index (κ3) is 7.80. The van der Waals surface area contributed by atoms with Gasteiger partial charge in [0.1, 0.15) is 28.6 Å². The van der Waals surface area contributed by atoms with Crippen LogP contribution in [-0.2, 0) is 10.2 Å². The molecule has 194 valence electrons. The van der Waals surface area contributed by atoms with Crippen LogP contribution in [0.1, 0.15) is 72.4 Å². The molecule has 9 heteroatoms. The maximum Gasteiger partial charge on any atom is 0.514 e. The standard InChI is InChI=1S/C26H35Cl2O6P/c1-15(2)18-11-16(30-9)12-19(22(18)34-35(27)28)20-13-17(31-10)14-21(25(3,4)5)23(20)32-24(29)33-26(6,7)8/h11-15H,1-10H3. The van der Waals surface area contributed by atoms with Gasteiger partial charge >= 0.3 is 6.16 Å². The van der Waals surface area contributed by atoms with Gasteiger partial charge in [0.05, 0.1) is 14.2 Å². The van der Waals surface area contributed by atoms with Crippen LogP contribution in [0.3, 0.4) is 0 Å². The summed E-state index contributed by atoms with van der Waals surface area (Å²) in [6.07, 6.45) is -0.819. The highest BCUT2D eigenvalue weighted by atomic mass is 35.9. The zero-order valence-electron chi connectivity index (χ0n) is 22.0. The SMILES string of the molecule is COc1cc(-c2cc(OC)cc(C(C)(C)C)c2OC(=O)OC(C)(C)C)c(OP(Cl)Cl)c(C(C)C)c1. The third-order valence-corrected chi connectivity index (χ3v) is 5.82. The van der Waals surface area contributed by atoms with Gasteiger partial charge in [0.25, 0.3) is 6.85 Å². The summed E-state index contributed by atoms with van der Waals surface area (Å²) < 4.78 is 28.5. The normalized spacial score (nSPS) is 12.1.